The summed E-state index contributed by atoms with van der Waals surface area (Å²) in [5.74, 6) is 0.893. The molecule has 1 aliphatic rings. The molecule has 1 amide bonds. The van der Waals surface area contributed by atoms with E-state index in [1.165, 1.54) is 4.31 Å². The van der Waals surface area contributed by atoms with Gasteiger partial charge in [0.25, 0.3) is 10.2 Å². The van der Waals surface area contributed by atoms with Crippen LogP contribution < -0.4 is 10.0 Å². The first-order valence-corrected chi connectivity index (χ1v) is 9.67. The van der Waals surface area contributed by atoms with Crippen molar-refractivity contribution in [2.24, 2.45) is 11.8 Å². The summed E-state index contributed by atoms with van der Waals surface area (Å²) in [6.45, 7) is 7.15. The molecule has 0 bridgehead atoms. The summed E-state index contributed by atoms with van der Waals surface area (Å²) >= 11 is 0. The highest BCUT2D eigenvalue weighted by atomic mass is 32.2. The molecular formula is C16H26N4O3S. The van der Waals surface area contributed by atoms with E-state index in [4.69, 9.17) is 0 Å². The molecule has 2 heterocycles. The van der Waals surface area contributed by atoms with Crippen molar-refractivity contribution in [1.29, 1.82) is 0 Å². The van der Waals surface area contributed by atoms with E-state index in [2.05, 4.69) is 28.9 Å². The molecule has 0 saturated carbocycles. The van der Waals surface area contributed by atoms with Crippen LogP contribution in [0.2, 0.25) is 0 Å². The van der Waals surface area contributed by atoms with Crippen LogP contribution in [0.15, 0.2) is 18.3 Å². The van der Waals surface area contributed by atoms with Gasteiger partial charge < -0.3 is 5.32 Å². The quantitative estimate of drug-likeness (QED) is 0.810. The van der Waals surface area contributed by atoms with Crippen molar-refractivity contribution in [3.05, 3.63) is 23.9 Å². The fraction of sp³-hybridized carbons (Fsp3) is 0.625. The first kappa shape index (κ1) is 18.8. The summed E-state index contributed by atoms with van der Waals surface area (Å²) in [6, 6.07) is 3.57. The number of piperidine rings is 1. The molecule has 1 fully saturated rings. The lowest BCUT2D eigenvalue weighted by molar-refractivity contribution is -0.116. The highest BCUT2D eigenvalue weighted by molar-refractivity contribution is 7.87. The number of carbonyl (C=O) groups excluding carboxylic acids is 1. The first-order chi connectivity index (χ1) is 11.3. The molecule has 2 rings (SSSR count). The fourth-order valence-electron chi connectivity index (χ4n) is 2.93. The highest BCUT2D eigenvalue weighted by Gasteiger charge is 2.30. The van der Waals surface area contributed by atoms with Crippen LogP contribution in [-0.2, 0) is 15.0 Å². The molecule has 24 heavy (non-hydrogen) atoms. The summed E-state index contributed by atoms with van der Waals surface area (Å²) < 4.78 is 28.6. The van der Waals surface area contributed by atoms with Gasteiger partial charge in [0.1, 0.15) is 5.82 Å². The summed E-state index contributed by atoms with van der Waals surface area (Å²) in [5.41, 5.74) is 1.01. The number of rotatable bonds is 6. The van der Waals surface area contributed by atoms with Crippen molar-refractivity contribution in [1.82, 2.24) is 14.0 Å². The summed E-state index contributed by atoms with van der Waals surface area (Å²) in [5, 5.41) is 2.65. The van der Waals surface area contributed by atoms with Crippen molar-refractivity contribution in [3.63, 3.8) is 0 Å². The molecule has 2 N–H and O–H groups in total. The Morgan fingerprint density at radius 2 is 1.96 bits per heavy atom. The number of pyridine rings is 1. The van der Waals surface area contributed by atoms with E-state index in [1.807, 2.05) is 13.0 Å². The van der Waals surface area contributed by atoms with Gasteiger partial charge in [0.2, 0.25) is 5.91 Å². The van der Waals surface area contributed by atoms with Gasteiger partial charge in [-0.3, -0.25) is 4.79 Å². The van der Waals surface area contributed by atoms with E-state index in [-0.39, 0.29) is 18.9 Å². The minimum Gasteiger partial charge on any atom is -0.311 e. The molecule has 1 aromatic heterocycles. The molecule has 8 heteroatoms. The molecule has 7 nitrogen and oxygen atoms in total. The Hall–Kier alpha value is -1.51. The third kappa shape index (κ3) is 5.54. The lowest BCUT2D eigenvalue weighted by Gasteiger charge is -2.33. The van der Waals surface area contributed by atoms with Crippen LogP contribution in [-0.4, -0.2) is 43.2 Å². The zero-order valence-corrected chi connectivity index (χ0v) is 15.3. The van der Waals surface area contributed by atoms with Crippen LogP contribution in [0.3, 0.4) is 0 Å². The Morgan fingerprint density at radius 1 is 1.29 bits per heavy atom. The Bertz CT molecular complexity index is 650. The second kappa shape index (κ2) is 8.04. The second-order valence-corrected chi connectivity index (χ2v) is 8.44. The summed E-state index contributed by atoms with van der Waals surface area (Å²) in [4.78, 5) is 16.0. The van der Waals surface area contributed by atoms with Crippen LogP contribution in [0.4, 0.5) is 5.82 Å². The van der Waals surface area contributed by atoms with Gasteiger partial charge in [-0.15, -0.1) is 0 Å². The predicted octanol–water partition coefficient (Wildman–Crippen LogP) is 1.53. The maximum absolute atomic E-state index is 12.3. The van der Waals surface area contributed by atoms with Gasteiger partial charge in [0.15, 0.2) is 0 Å². The zero-order valence-electron chi connectivity index (χ0n) is 14.4. The summed E-state index contributed by atoms with van der Waals surface area (Å²) in [7, 11) is -3.54. The third-order valence-corrected chi connectivity index (χ3v) is 5.54. The monoisotopic (exact) mass is 354 g/mol. The number of aromatic nitrogens is 1. The molecule has 2 atom stereocenters. The van der Waals surface area contributed by atoms with Crippen LogP contribution in [0.1, 0.15) is 32.3 Å². The number of amides is 1. The van der Waals surface area contributed by atoms with Gasteiger partial charge >= 0.3 is 0 Å². The number of anilines is 1. The van der Waals surface area contributed by atoms with E-state index in [1.54, 1.807) is 12.3 Å². The van der Waals surface area contributed by atoms with Crippen LogP contribution in [0.25, 0.3) is 0 Å². The van der Waals surface area contributed by atoms with E-state index in [0.29, 0.717) is 30.7 Å². The Balaban J connectivity index is 1.79. The Morgan fingerprint density at radius 3 is 2.54 bits per heavy atom. The third-order valence-electron chi connectivity index (χ3n) is 3.99. The average molecular weight is 354 g/mol. The molecule has 0 aliphatic carbocycles. The maximum Gasteiger partial charge on any atom is 0.279 e. The SMILES string of the molecule is Cc1ccc(NC(=O)CCNS(=O)(=O)N2C[C@H](C)C[C@@H](C)C2)nc1. The van der Waals surface area contributed by atoms with Crippen molar-refractivity contribution in [3.8, 4) is 0 Å². The number of nitrogens with one attached hydrogen (secondary N) is 2. The number of hydrogen-bond donors (Lipinski definition) is 2. The van der Waals surface area contributed by atoms with Crippen molar-refractivity contribution in [2.75, 3.05) is 25.0 Å². The maximum atomic E-state index is 12.3. The van der Waals surface area contributed by atoms with Crippen molar-refractivity contribution < 1.29 is 13.2 Å². The van der Waals surface area contributed by atoms with Crippen LogP contribution in [0, 0.1) is 18.8 Å². The van der Waals surface area contributed by atoms with E-state index in [9.17, 15) is 13.2 Å². The number of nitrogens with zero attached hydrogens (tertiary/aromatic N) is 2. The molecule has 134 valence electrons. The average Bonchev–Trinajstić information content (AvgIpc) is 2.48. The van der Waals surface area contributed by atoms with E-state index >= 15 is 0 Å². The second-order valence-electron chi connectivity index (χ2n) is 6.68. The lowest BCUT2D eigenvalue weighted by atomic mass is 9.94. The largest absolute Gasteiger partial charge is 0.311 e. The number of hydrogen-bond acceptors (Lipinski definition) is 4. The molecular weight excluding hydrogens is 328 g/mol. The standard InChI is InChI=1S/C16H26N4O3S/c1-12-4-5-15(17-9-12)19-16(21)6-7-18-24(22,23)20-10-13(2)8-14(3)11-20/h4-5,9,13-14,18H,6-8,10-11H2,1-3H3,(H,17,19,21)/t13-,14-/m1/s1. The zero-order chi connectivity index (χ0) is 17.7. The molecule has 0 radical (unpaired) electrons. The predicted molar refractivity (Wildman–Crippen MR) is 93.7 cm³/mol. The molecule has 0 aromatic carbocycles. The number of aryl methyl sites for hydroxylation is 1. The first-order valence-electron chi connectivity index (χ1n) is 8.23. The van der Waals surface area contributed by atoms with Gasteiger partial charge in [-0.2, -0.15) is 12.7 Å². The fourth-order valence-corrected chi connectivity index (χ4v) is 4.38. The smallest absolute Gasteiger partial charge is 0.279 e. The van der Waals surface area contributed by atoms with Crippen molar-refractivity contribution >= 4 is 21.9 Å². The highest BCUT2D eigenvalue weighted by Crippen LogP contribution is 2.22. The summed E-state index contributed by atoms with van der Waals surface area (Å²) in [6.07, 6.45) is 2.77. The molecule has 1 aliphatic heterocycles. The van der Waals surface area contributed by atoms with E-state index < -0.39 is 10.2 Å². The lowest BCUT2D eigenvalue weighted by Crippen LogP contribution is -2.48. The topological polar surface area (TPSA) is 91.4 Å². The van der Waals surface area contributed by atoms with Gasteiger partial charge in [-0.05, 0) is 36.8 Å². The molecule has 1 aromatic rings. The van der Waals surface area contributed by atoms with Crippen molar-refractivity contribution in [2.45, 2.75) is 33.6 Å². The molecule has 1 saturated heterocycles. The molecule has 0 spiro atoms. The van der Waals surface area contributed by atoms with Gasteiger partial charge in [-0.25, -0.2) is 9.71 Å². The van der Waals surface area contributed by atoms with Crippen LogP contribution in [0.5, 0.6) is 0 Å². The molecule has 0 unspecified atom stereocenters. The van der Waals surface area contributed by atoms with Gasteiger partial charge in [0.05, 0.1) is 0 Å². The Kier molecular flexibility index (Phi) is 6.31. The van der Waals surface area contributed by atoms with Crippen LogP contribution >= 0.6 is 0 Å². The number of carbonyl (C=O) groups is 1. The minimum absolute atomic E-state index is 0.0632. The minimum atomic E-state index is -3.54. The van der Waals surface area contributed by atoms with E-state index in [0.717, 1.165) is 12.0 Å². The normalized spacial score (nSPS) is 22.3. The Labute approximate surface area is 144 Å². The van der Waals surface area contributed by atoms with Gasteiger partial charge in [-0.1, -0.05) is 19.9 Å². The van der Waals surface area contributed by atoms with Gasteiger partial charge in [0, 0.05) is 32.3 Å².